The highest BCUT2D eigenvalue weighted by Gasteiger charge is 2.30. The van der Waals surface area contributed by atoms with Crippen LogP contribution in [0.1, 0.15) is 34.6 Å². The number of hydrogen-bond donors (Lipinski definition) is 2. The largest absolute Gasteiger partial charge is 0.468 e. The van der Waals surface area contributed by atoms with Gasteiger partial charge in [0.1, 0.15) is 11.6 Å². The number of carbonyl (C=O) groups excluding carboxylic acids is 2. The van der Waals surface area contributed by atoms with Crippen molar-refractivity contribution in [1.82, 2.24) is 5.32 Å². The second-order valence-corrected chi connectivity index (χ2v) is 5.46. The van der Waals surface area contributed by atoms with Gasteiger partial charge in [-0.05, 0) is 26.7 Å². The molecule has 0 aliphatic carbocycles. The summed E-state index contributed by atoms with van der Waals surface area (Å²) >= 11 is 0. The molecule has 0 spiro atoms. The summed E-state index contributed by atoms with van der Waals surface area (Å²) in [5.41, 5.74) is 5.14. The number of ether oxygens (including phenoxy) is 2. The number of alkyl carbamates (subject to hydrolysis) is 1. The first-order valence-electron chi connectivity index (χ1n) is 5.91. The van der Waals surface area contributed by atoms with Crippen molar-refractivity contribution in [2.45, 2.75) is 52.3 Å². The highest BCUT2D eigenvalue weighted by atomic mass is 16.6. The average molecular weight is 260 g/mol. The predicted octanol–water partition coefficient (Wildman–Crippen LogP) is 1.04. The Hall–Kier alpha value is -1.30. The molecule has 0 aromatic rings. The van der Waals surface area contributed by atoms with Crippen molar-refractivity contribution in [1.29, 1.82) is 0 Å². The monoisotopic (exact) mass is 260 g/mol. The lowest BCUT2D eigenvalue weighted by Gasteiger charge is -2.28. The summed E-state index contributed by atoms with van der Waals surface area (Å²) in [7, 11) is 1.26. The molecule has 0 rings (SSSR count). The Labute approximate surface area is 108 Å². The molecule has 1 amide bonds. The zero-order valence-corrected chi connectivity index (χ0v) is 11.9. The van der Waals surface area contributed by atoms with E-state index in [1.54, 1.807) is 20.8 Å². The summed E-state index contributed by atoms with van der Waals surface area (Å²) < 4.78 is 9.69. The van der Waals surface area contributed by atoms with Gasteiger partial charge in [0.05, 0.1) is 13.2 Å². The van der Waals surface area contributed by atoms with Gasteiger partial charge in [0.25, 0.3) is 0 Å². The quantitative estimate of drug-likeness (QED) is 0.737. The fourth-order valence-electron chi connectivity index (χ4n) is 1.40. The minimum atomic E-state index is -0.914. The molecule has 3 N–H and O–H groups in total. The van der Waals surface area contributed by atoms with E-state index in [-0.39, 0.29) is 5.92 Å². The molecular weight excluding hydrogens is 236 g/mol. The van der Waals surface area contributed by atoms with Gasteiger partial charge >= 0.3 is 12.1 Å². The van der Waals surface area contributed by atoms with Crippen molar-refractivity contribution in [2.24, 2.45) is 11.7 Å². The molecule has 18 heavy (non-hydrogen) atoms. The molecular formula is C12H24N2O4. The number of amides is 1. The summed E-state index contributed by atoms with van der Waals surface area (Å²) in [5, 5.41) is 2.60. The molecule has 0 aliphatic heterocycles. The lowest BCUT2D eigenvalue weighted by Crippen LogP contribution is -2.55. The second kappa shape index (κ2) is 6.58. The smallest absolute Gasteiger partial charge is 0.407 e. The molecule has 0 saturated heterocycles. The molecule has 6 heteroatoms. The van der Waals surface area contributed by atoms with Crippen molar-refractivity contribution in [3.63, 3.8) is 0 Å². The van der Waals surface area contributed by atoms with Gasteiger partial charge in [0.2, 0.25) is 0 Å². The van der Waals surface area contributed by atoms with E-state index in [4.69, 9.17) is 10.5 Å². The summed E-state index contributed by atoms with van der Waals surface area (Å²) in [6, 6.07) is -1.45. The van der Waals surface area contributed by atoms with Gasteiger partial charge in [0, 0.05) is 0 Å². The van der Waals surface area contributed by atoms with Gasteiger partial charge in [-0.1, -0.05) is 13.8 Å². The molecule has 0 fully saturated rings. The van der Waals surface area contributed by atoms with E-state index >= 15 is 0 Å². The van der Waals surface area contributed by atoms with E-state index in [2.05, 4.69) is 10.1 Å². The lowest BCUT2D eigenvalue weighted by molar-refractivity contribution is -0.143. The normalized spacial score (nSPS) is 14.9. The summed E-state index contributed by atoms with van der Waals surface area (Å²) in [6.07, 6.45) is -0.597. The van der Waals surface area contributed by atoms with Crippen LogP contribution in [0.4, 0.5) is 4.79 Å². The zero-order valence-electron chi connectivity index (χ0n) is 11.9. The minimum Gasteiger partial charge on any atom is -0.468 e. The molecule has 0 aliphatic rings. The van der Waals surface area contributed by atoms with E-state index in [0.717, 1.165) is 0 Å². The molecule has 0 radical (unpaired) electrons. The molecule has 6 nitrogen and oxygen atoms in total. The van der Waals surface area contributed by atoms with Crippen molar-refractivity contribution in [3.8, 4) is 0 Å². The van der Waals surface area contributed by atoms with Gasteiger partial charge < -0.3 is 20.5 Å². The first kappa shape index (κ1) is 16.7. The van der Waals surface area contributed by atoms with Gasteiger partial charge in [0.15, 0.2) is 0 Å². The van der Waals surface area contributed by atoms with Crippen LogP contribution in [0.25, 0.3) is 0 Å². The van der Waals surface area contributed by atoms with Crippen LogP contribution in [0.3, 0.4) is 0 Å². The molecule has 2 atom stereocenters. The summed E-state index contributed by atoms with van der Waals surface area (Å²) in [4.78, 5) is 23.0. The standard InChI is InChI=1S/C12H24N2O4/c1-7(2)9(8(13)10(15)17-6)14-11(16)18-12(3,4)5/h7-9H,13H2,1-6H3,(H,14,16). The van der Waals surface area contributed by atoms with Gasteiger partial charge in [-0.3, -0.25) is 4.79 Å². The number of carbonyl (C=O) groups is 2. The van der Waals surface area contributed by atoms with Crippen molar-refractivity contribution in [2.75, 3.05) is 7.11 Å². The number of rotatable bonds is 4. The van der Waals surface area contributed by atoms with E-state index in [0.29, 0.717) is 0 Å². The fourth-order valence-corrected chi connectivity index (χ4v) is 1.40. The third kappa shape index (κ3) is 5.86. The first-order chi connectivity index (χ1) is 8.08. The molecule has 0 bridgehead atoms. The SMILES string of the molecule is COC(=O)C(N)C(NC(=O)OC(C)(C)C)C(C)C. The summed E-state index contributed by atoms with van der Waals surface area (Å²) in [5.74, 6) is -0.587. The van der Waals surface area contributed by atoms with Crippen LogP contribution in [0.2, 0.25) is 0 Å². The van der Waals surface area contributed by atoms with Crippen LogP contribution in [-0.2, 0) is 14.3 Å². The Morgan fingerprint density at radius 1 is 1.22 bits per heavy atom. The van der Waals surface area contributed by atoms with E-state index in [9.17, 15) is 9.59 Å². The Morgan fingerprint density at radius 2 is 1.72 bits per heavy atom. The van der Waals surface area contributed by atoms with Gasteiger partial charge in [-0.25, -0.2) is 4.79 Å². The number of esters is 1. The van der Waals surface area contributed by atoms with Crippen LogP contribution < -0.4 is 11.1 Å². The Kier molecular flexibility index (Phi) is 6.11. The predicted molar refractivity (Wildman–Crippen MR) is 68.0 cm³/mol. The Balaban J connectivity index is 4.64. The van der Waals surface area contributed by atoms with Crippen molar-refractivity contribution >= 4 is 12.1 Å². The second-order valence-electron chi connectivity index (χ2n) is 5.46. The van der Waals surface area contributed by atoms with Crippen molar-refractivity contribution in [3.05, 3.63) is 0 Å². The lowest BCUT2D eigenvalue weighted by atomic mass is 9.97. The first-order valence-corrected chi connectivity index (χ1v) is 5.91. The highest BCUT2D eigenvalue weighted by Crippen LogP contribution is 2.10. The van der Waals surface area contributed by atoms with Crippen molar-refractivity contribution < 1.29 is 19.1 Å². The van der Waals surface area contributed by atoms with Crippen LogP contribution in [0, 0.1) is 5.92 Å². The topological polar surface area (TPSA) is 90.6 Å². The van der Waals surface area contributed by atoms with Gasteiger partial charge in [-0.15, -0.1) is 0 Å². The summed E-state index contributed by atoms with van der Waals surface area (Å²) in [6.45, 7) is 8.99. The zero-order chi connectivity index (χ0) is 14.5. The van der Waals surface area contributed by atoms with Gasteiger partial charge in [-0.2, -0.15) is 0 Å². The van der Waals surface area contributed by atoms with E-state index in [1.165, 1.54) is 7.11 Å². The van der Waals surface area contributed by atoms with Crippen LogP contribution >= 0.6 is 0 Å². The number of nitrogens with two attached hydrogens (primary N) is 1. The number of nitrogens with one attached hydrogen (secondary N) is 1. The maximum Gasteiger partial charge on any atom is 0.407 e. The highest BCUT2D eigenvalue weighted by molar-refractivity contribution is 5.78. The Morgan fingerprint density at radius 3 is 2.06 bits per heavy atom. The maximum atomic E-state index is 11.6. The average Bonchev–Trinajstić information content (AvgIpc) is 2.20. The molecule has 0 saturated carbocycles. The van der Waals surface area contributed by atoms with Crippen LogP contribution in [0.15, 0.2) is 0 Å². The van der Waals surface area contributed by atoms with E-state index < -0.39 is 29.7 Å². The number of methoxy groups -OCH3 is 1. The Bertz CT molecular complexity index is 297. The molecule has 2 unspecified atom stereocenters. The van der Waals surface area contributed by atoms with Crippen LogP contribution in [-0.4, -0.2) is 36.9 Å². The number of hydrogen-bond acceptors (Lipinski definition) is 5. The fraction of sp³-hybridized carbons (Fsp3) is 0.833. The minimum absolute atomic E-state index is 0.0216. The molecule has 0 aromatic heterocycles. The van der Waals surface area contributed by atoms with Crippen LogP contribution in [0.5, 0.6) is 0 Å². The molecule has 106 valence electrons. The third-order valence-corrected chi connectivity index (χ3v) is 2.26. The van der Waals surface area contributed by atoms with E-state index in [1.807, 2.05) is 13.8 Å². The maximum absolute atomic E-state index is 11.6. The molecule has 0 aromatic carbocycles. The third-order valence-electron chi connectivity index (χ3n) is 2.26. The molecule has 0 heterocycles.